The molecule has 0 aromatic heterocycles. The minimum absolute atomic E-state index is 0.0276. The van der Waals surface area contributed by atoms with Gasteiger partial charge in [-0.05, 0) is 36.8 Å². The zero-order valence-electron chi connectivity index (χ0n) is 10.8. The van der Waals surface area contributed by atoms with Crippen molar-refractivity contribution >= 4 is 11.7 Å². The fraction of sp³-hybridized carbons (Fsp3) is 0.0667. The van der Waals surface area contributed by atoms with Gasteiger partial charge in [-0.2, -0.15) is 5.26 Å². The van der Waals surface area contributed by atoms with E-state index in [1.807, 2.05) is 13.0 Å². The van der Waals surface area contributed by atoms with Gasteiger partial charge in [0.2, 0.25) is 0 Å². The molecule has 3 N–H and O–H groups in total. The van der Waals surface area contributed by atoms with Gasteiger partial charge in [-0.15, -0.1) is 0 Å². The number of nitriles is 1. The predicted octanol–water partition coefficient (Wildman–Crippen LogP) is 2.94. The minimum Gasteiger partial charge on any atom is -0.478 e. The highest BCUT2D eigenvalue weighted by molar-refractivity contribution is 5.93. The molecule has 0 aliphatic heterocycles. The molecule has 0 aliphatic rings. The number of aromatic carboxylic acids is 1. The summed E-state index contributed by atoms with van der Waals surface area (Å²) < 4.78 is 5.64. The second-order valence-electron chi connectivity index (χ2n) is 4.25. The number of rotatable bonds is 3. The topological polar surface area (TPSA) is 96.3 Å². The Hall–Kier alpha value is -3.00. The summed E-state index contributed by atoms with van der Waals surface area (Å²) in [5, 5.41) is 17.8. The van der Waals surface area contributed by atoms with Crippen molar-refractivity contribution in [3.05, 3.63) is 53.1 Å². The highest BCUT2D eigenvalue weighted by Gasteiger charge is 2.10. The summed E-state index contributed by atoms with van der Waals surface area (Å²) in [6.45, 7) is 1.85. The van der Waals surface area contributed by atoms with Gasteiger partial charge in [-0.3, -0.25) is 0 Å². The van der Waals surface area contributed by atoms with E-state index in [1.165, 1.54) is 18.2 Å². The average molecular weight is 268 g/mol. The highest BCUT2D eigenvalue weighted by Crippen LogP contribution is 2.28. The second kappa shape index (κ2) is 5.33. The molecule has 5 nitrogen and oxygen atoms in total. The van der Waals surface area contributed by atoms with Crippen molar-refractivity contribution in [2.45, 2.75) is 6.92 Å². The zero-order valence-corrected chi connectivity index (χ0v) is 10.8. The summed E-state index contributed by atoms with van der Waals surface area (Å²) in [5.41, 5.74) is 7.17. The van der Waals surface area contributed by atoms with Crippen molar-refractivity contribution in [2.75, 3.05) is 5.73 Å². The molecule has 0 atom stereocenters. The lowest BCUT2D eigenvalue weighted by Crippen LogP contribution is -2.02. The van der Waals surface area contributed by atoms with Crippen molar-refractivity contribution in [3.63, 3.8) is 0 Å². The molecule has 20 heavy (non-hydrogen) atoms. The van der Waals surface area contributed by atoms with E-state index in [1.54, 1.807) is 18.2 Å². The fourth-order valence-corrected chi connectivity index (χ4v) is 1.71. The number of nitrogen functional groups attached to an aromatic ring is 1. The Morgan fingerprint density at radius 3 is 2.65 bits per heavy atom. The summed E-state index contributed by atoms with van der Waals surface area (Å²) in [6.07, 6.45) is 0. The normalized spacial score (nSPS) is 9.80. The van der Waals surface area contributed by atoms with E-state index in [-0.39, 0.29) is 11.3 Å². The summed E-state index contributed by atoms with van der Waals surface area (Å²) in [5.74, 6) is -0.131. The van der Waals surface area contributed by atoms with Crippen LogP contribution in [-0.4, -0.2) is 11.1 Å². The van der Waals surface area contributed by atoms with E-state index < -0.39 is 5.97 Å². The Kier molecular flexibility index (Phi) is 3.58. The number of nitrogens with two attached hydrogens (primary N) is 1. The van der Waals surface area contributed by atoms with E-state index >= 15 is 0 Å². The average Bonchev–Trinajstić information content (AvgIpc) is 2.41. The fourth-order valence-electron chi connectivity index (χ4n) is 1.71. The molecule has 0 spiro atoms. The van der Waals surface area contributed by atoms with Crippen LogP contribution in [0, 0.1) is 18.3 Å². The third kappa shape index (κ3) is 2.70. The molecule has 0 radical (unpaired) electrons. The maximum absolute atomic E-state index is 10.9. The molecule has 2 rings (SSSR count). The number of carboxylic acid groups (broad SMARTS) is 1. The third-order valence-electron chi connectivity index (χ3n) is 2.80. The van der Waals surface area contributed by atoms with Crippen LogP contribution in [0.3, 0.4) is 0 Å². The highest BCUT2D eigenvalue weighted by atomic mass is 16.5. The number of hydrogen-bond donors (Lipinski definition) is 2. The smallest absolute Gasteiger partial charge is 0.337 e. The molecular weight excluding hydrogens is 256 g/mol. The maximum Gasteiger partial charge on any atom is 0.337 e. The van der Waals surface area contributed by atoms with Gasteiger partial charge >= 0.3 is 5.97 Å². The maximum atomic E-state index is 10.9. The first-order chi connectivity index (χ1) is 9.51. The van der Waals surface area contributed by atoms with Crippen LogP contribution in [-0.2, 0) is 0 Å². The quantitative estimate of drug-likeness (QED) is 0.834. The molecule has 0 aliphatic carbocycles. The van der Waals surface area contributed by atoms with Crippen LogP contribution >= 0.6 is 0 Å². The number of anilines is 1. The molecule has 2 aromatic carbocycles. The predicted molar refractivity (Wildman–Crippen MR) is 73.8 cm³/mol. The lowest BCUT2D eigenvalue weighted by molar-refractivity contribution is 0.0698. The number of carboxylic acids is 1. The molecule has 100 valence electrons. The van der Waals surface area contributed by atoms with Gasteiger partial charge in [0.15, 0.2) is 0 Å². The second-order valence-corrected chi connectivity index (χ2v) is 4.25. The molecular formula is C15H12N2O3. The number of ether oxygens (including phenoxy) is 1. The Labute approximate surface area is 115 Å². The van der Waals surface area contributed by atoms with Gasteiger partial charge in [0.05, 0.1) is 17.2 Å². The zero-order chi connectivity index (χ0) is 14.7. The molecule has 2 aromatic rings. The van der Waals surface area contributed by atoms with Crippen molar-refractivity contribution in [3.8, 4) is 17.6 Å². The molecule has 5 heteroatoms. The van der Waals surface area contributed by atoms with Crippen LogP contribution in [0.15, 0.2) is 36.4 Å². The van der Waals surface area contributed by atoms with Crippen molar-refractivity contribution in [1.82, 2.24) is 0 Å². The van der Waals surface area contributed by atoms with E-state index in [0.717, 1.165) is 5.56 Å². The Morgan fingerprint density at radius 2 is 2.05 bits per heavy atom. The molecule has 0 unspecified atom stereocenters. The summed E-state index contributed by atoms with van der Waals surface area (Å²) >= 11 is 0. The van der Waals surface area contributed by atoms with Crippen molar-refractivity contribution in [2.24, 2.45) is 0 Å². The van der Waals surface area contributed by atoms with E-state index in [2.05, 4.69) is 0 Å². The van der Waals surface area contributed by atoms with Crippen molar-refractivity contribution < 1.29 is 14.6 Å². The summed E-state index contributed by atoms with van der Waals surface area (Å²) in [4.78, 5) is 10.9. The molecule has 0 saturated carbocycles. The Morgan fingerprint density at radius 1 is 1.30 bits per heavy atom. The van der Waals surface area contributed by atoms with Crippen LogP contribution < -0.4 is 10.5 Å². The number of carbonyl (C=O) groups is 1. The molecule has 0 bridgehead atoms. The van der Waals surface area contributed by atoms with Gasteiger partial charge in [0, 0.05) is 11.8 Å². The van der Waals surface area contributed by atoms with Crippen LogP contribution in [0.1, 0.15) is 21.5 Å². The van der Waals surface area contributed by atoms with Crippen LogP contribution in [0.25, 0.3) is 0 Å². The lowest BCUT2D eigenvalue weighted by Gasteiger charge is -2.10. The number of aryl methyl sites for hydroxylation is 1. The molecule has 0 saturated heterocycles. The Balaban J connectivity index is 2.33. The largest absolute Gasteiger partial charge is 0.478 e. The molecule has 0 heterocycles. The first kappa shape index (κ1) is 13.4. The number of benzene rings is 2. The van der Waals surface area contributed by atoms with Crippen LogP contribution in [0.4, 0.5) is 5.69 Å². The first-order valence-electron chi connectivity index (χ1n) is 5.82. The molecule has 0 amide bonds. The van der Waals surface area contributed by atoms with Crippen LogP contribution in [0.5, 0.6) is 11.5 Å². The SMILES string of the molecule is Cc1ccc(C#N)cc1Oc1ccc(C(=O)O)c(N)c1. The molecule has 0 fully saturated rings. The van der Waals surface area contributed by atoms with E-state index in [0.29, 0.717) is 17.1 Å². The van der Waals surface area contributed by atoms with Gasteiger partial charge in [-0.1, -0.05) is 6.07 Å². The first-order valence-corrected chi connectivity index (χ1v) is 5.82. The lowest BCUT2D eigenvalue weighted by atomic mass is 10.1. The van der Waals surface area contributed by atoms with Crippen molar-refractivity contribution in [1.29, 1.82) is 5.26 Å². The van der Waals surface area contributed by atoms with Gasteiger partial charge in [-0.25, -0.2) is 4.79 Å². The number of nitrogens with zero attached hydrogens (tertiary/aromatic N) is 1. The standard InChI is InChI=1S/C15H12N2O3/c1-9-2-3-10(8-16)6-14(9)20-11-4-5-12(15(18)19)13(17)7-11/h2-7H,17H2,1H3,(H,18,19). The summed E-state index contributed by atoms with van der Waals surface area (Å²) in [6, 6.07) is 11.5. The van der Waals surface area contributed by atoms with E-state index in [4.69, 9.17) is 20.8 Å². The van der Waals surface area contributed by atoms with E-state index in [9.17, 15) is 4.79 Å². The van der Waals surface area contributed by atoms with Gasteiger partial charge in [0.1, 0.15) is 11.5 Å². The summed E-state index contributed by atoms with van der Waals surface area (Å²) in [7, 11) is 0. The minimum atomic E-state index is -1.09. The third-order valence-corrected chi connectivity index (χ3v) is 2.80. The Bertz CT molecular complexity index is 718. The van der Waals surface area contributed by atoms with Crippen LogP contribution in [0.2, 0.25) is 0 Å². The van der Waals surface area contributed by atoms with Gasteiger partial charge < -0.3 is 15.6 Å². The monoisotopic (exact) mass is 268 g/mol. The number of hydrogen-bond acceptors (Lipinski definition) is 4. The van der Waals surface area contributed by atoms with Gasteiger partial charge in [0.25, 0.3) is 0 Å².